The van der Waals surface area contributed by atoms with Gasteiger partial charge in [0.2, 0.25) is 0 Å². The van der Waals surface area contributed by atoms with Gasteiger partial charge in [-0.3, -0.25) is 0 Å². The van der Waals surface area contributed by atoms with Crippen molar-refractivity contribution in [2.45, 2.75) is 24.7 Å². The highest BCUT2D eigenvalue weighted by Crippen LogP contribution is 2.55. The summed E-state index contributed by atoms with van der Waals surface area (Å²) in [7, 11) is 0. The van der Waals surface area contributed by atoms with Crippen molar-refractivity contribution in [2.24, 2.45) is 0 Å². The molecule has 1 heteroatoms. The van der Waals surface area contributed by atoms with Gasteiger partial charge in [0.05, 0.1) is 0 Å². The topological polar surface area (TPSA) is 0 Å². The van der Waals surface area contributed by atoms with E-state index < -0.39 is 0 Å². The van der Waals surface area contributed by atoms with Gasteiger partial charge in [-0.2, -0.15) is 0 Å². The maximum atomic E-state index is 3.75. The Balaban J connectivity index is 1.94. The summed E-state index contributed by atoms with van der Waals surface area (Å²) < 4.78 is 1.29. The van der Waals surface area contributed by atoms with E-state index in [9.17, 15) is 0 Å². The Labute approximate surface area is 175 Å². The molecule has 0 amide bonds. The molecule has 0 saturated heterocycles. The summed E-state index contributed by atoms with van der Waals surface area (Å²) >= 11 is 2.44. The van der Waals surface area contributed by atoms with Crippen LogP contribution in [0.4, 0.5) is 0 Å². The molecule has 27 heavy (non-hydrogen) atoms. The van der Waals surface area contributed by atoms with Gasteiger partial charge in [-0.05, 0) is 81.8 Å². The Morgan fingerprint density at radius 1 is 0.963 bits per heavy atom. The molecule has 1 atom stereocenters. The predicted octanol–water partition coefficient (Wildman–Crippen LogP) is 7.52. The van der Waals surface area contributed by atoms with E-state index in [1.807, 2.05) is 12.2 Å². The minimum absolute atomic E-state index is 0.109. The second-order valence-electron chi connectivity index (χ2n) is 7.03. The molecular weight excluding hydrogens is 439 g/mol. The molecule has 1 unspecified atom stereocenters. The molecule has 134 valence electrons. The van der Waals surface area contributed by atoms with E-state index in [2.05, 4.69) is 108 Å². The molecule has 2 aliphatic rings. The van der Waals surface area contributed by atoms with Gasteiger partial charge >= 0.3 is 0 Å². The number of hydrogen-bond acceptors (Lipinski definition) is 0. The van der Waals surface area contributed by atoms with Crippen molar-refractivity contribution in [1.82, 2.24) is 0 Å². The third-order valence-electron chi connectivity index (χ3n) is 5.52. The molecule has 4 rings (SSSR count). The van der Waals surface area contributed by atoms with Crippen molar-refractivity contribution >= 4 is 22.6 Å². The molecule has 0 bridgehead atoms. The third kappa shape index (κ3) is 3.19. The molecule has 0 radical (unpaired) electrons. The van der Waals surface area contributed by atoms with Crippen LogP contribution in [-0.4, -0.2) is 0 Å². The van der Waals surface area contributed by atoms with Gasteiger partial charge in [0.1, 0.15) is 0 Å². The van der Waals surface area contributed by atoms with E-state index in [1.165, 1.54) is 31.4 Å². The first-order chi connectivity index (χ1) is 13.3. The molecule has 2 aromatic rings. The summed E-state index contributed by atoms with van der Waals surface area (Å²) in [5.41, 5.74) is 6.93. The number of rotatable bonds is 5. The van der Waals surface area contributed by atoms with Crippen LogP contribution in [0.5, 0.6) is 0 Å². The maximum absolute atomic E-state index is 3.75. The zero-order chi connectivity index (χ0) is 18.7. The summed E-state index contributed by atoms with van der Waals surface area (Å²) in [6.45, 7) is 3.75. The van der Waals surface area contributed by atoms with Crippen LogP contribution in [0.15, 0.2) is 103 Å². The first-order valence-corrected chi connectivity index (χ1v) is 10.6. The van der Waals surface area contributed by atoms with Crippen molar-refractivity contribution in [2.75, 3.05) is 0 Å². The highest BCUT2D eigenvalue weighted by Gasteiger charge is 2.44. The summed E-state index contributed by atoms with van der Waals surface area (Å²) in [5.74, 6) is 0. The van der Waals surface area contributed by atoms with Gasteiger partial charge in [-0.15, -0.1) is 0 Å². The van der Waals surface area contributed by atoms with Crippen LogP contribution < -0.4 is 0 Å². The summed E-state index contributed by atoms with van der Waals surface area (Å²) in [5, 5.41) is 0. The highest BCUT2D eigenvalue weighted by atomic mass is 127. The number of fused-ring (bicyclic) bond motifs is 3. The zero-order valence-corrected chi connectivity index (χ0v) is 17.5. The van der Waals surface area contributed by atoms with Gasteiger partial charge in [0, 0.05) is 8.99 Å². The van der Waals surface area contributed by atoms with Crippen molar-refractivity contribution in [3.05, 3.63) is 118 Å². The van der Waals surface area contributed by atoms with Crippen molar-refractivity contribution in [3.63, 3.8) is 0 Å². The van der Waals surface area contributed by atoms with Crippen molar-refractivity contribution in [1.29, 1.82) is 0 Å². The monoisotopic (exact) mass is 462 g/mol. The fourth-order valence-corrected chi connectivity index (χ4v) is 4.88. The number of halogens is 1. The molecule has 0 aromatic heterocycles. The number of benzene rings is 2. The molecule has 0 heterocycles. The Kier molecular flexibility index (Phi) is 5.31. The minimum Gasteiger partial charge on any atom is -0.0991 e. The average Bonchev–Trinajstić information content (AvgIpc) is 2.99. The Bertz CT molecular complexity index is 987. The lowest BCUT2D eigenvalue weighted by Crippen LogP contribution is -2.27. The van der Waals surface area contributed by atoms with Crippen LogP contribution in [0.1, 0.15) is 30.4 Å². The first-order valence-electron chi connectivity index (χ1n) is 9.48. The Morgan fingerprint density at radius 2 is 1.81 bits per heavy atom. The van der Waals surface area contributed by atoms with Crippen LogP contribution in [0.2, 0.25) is 0 Å². The smallest absolute Gasteiger partial charge is 0.0495 e. The summed E-state index contributed by atoms with van der Waals surface area (Å²) in [6.07, 6.45) is 20.6. The average molecular weight is 462 g/mol. The summed E-state index contributed by atoms with van der Waals surface area (Å²) in [6, 6.07) is 15.8. The normalized spacial score (nSPS) is 20.7. The molecule has 0 saturated carbocycles. The Hall–Kier alpha value is -2.13. The molecule has 0 fully saturated rings. The van der Waals surface area contributed by atoms with Gasteiger partial charge in [0.25, 0.3) is 0 Å². The van der Waals surface area contributed by atoms with Crippen LogP contribution in [0.25, 0.3) is 11.1 Å². The highest BCUT2D eigenvalue weighted by molar-refractivity contribution is 14.1. The quantitative estimate of drug-likeness (QED) is 0.318. The van der Waals surface area contributed by atoms with E-state index >= 15 is 0 Å². The van der Waals surface area contributed by atoms with Crippen LogP contribution in [0, 0.1) is 3.57 Å². The van der Waals surface area contributed by atoms with Crippen molar-refractivity contribution < 1.29 is 0 Å². The zero-order valence-electron chi connectivity index (χ0n) is 15.4. The summed E-state index contributed by atoms with van der Waals surface area (Å²) in [4.78, 5) is 0. The standard InChI is InChI=1S/C26H23I/c1-2-3-4-5-11-18-26(20-12-7-6-8-13-20)24-15-10-9-14-22(24)23-17-16-21(27)19-25(23)26/h2-5,7,9-17,19H,1,6,8,18H2/b4-3-,11-5-. The predicted molar refractivity (Wildman–Crippen MR) is 125 cm³/mol. The number of allylic oxidation sites excluding steroid dienone is 9. The molecule has 2 aromatic carbocycles. The van der Waals surface area contributed by atoms with Gasteiger partial charge in [-0.25, -0.2) is 0 Å². The maximum Gasteiger partial charge on any atom is 0.0495 e. The second-order valence-corrected chi connectivity index (χ2v) is 8.28. The first kappa shape index (κ1) is 18.2. The Morgan fingerprint density at radius 3 is 2.63 bits per heavy atom. The lowest BCUT2D eigenvalue weighted by atomic mass is 9.68. The molecule has 0 spiro atoms. The van der Waals surface area contributed by atoms with E-state index in [-0.39, 0.29) is 5.41 Å². The fraction of sp³-hybridized carbons (Fsp3) is 0.154. The molecule has 0 N–H and O–H groups in total. The van der Waals surface area contributed by atoms with Gasteiger partial charge < -0.3 is 0 Å². The van der Waals surface area contributed by atoms with Crippen LogP contribution >= 0.6 is 22.6 Å². The second kappa shape index (κ2) is 7.85. The largest absolute Gasteiger partial charge is 0.0991 e. The van der Waals surface area contributed by atoms with E-state index in [0.29, 0.717) is 0 Å². The van der Waals surface area contributed by atoms with Gasteiger partial charge in [0.15, 0.2) is 0 Å². The van der Waals surface area contributed by atoms with Crippen molar-refractivity contribution in [3.8, 4) is 11.1 Å². The molecule has 2 aliphatic carbocycles. The van der Waals surface area contributed by atoms with E-state index in [1.54, 1.807) is 0 Å². The molecule has 0 aliphatic heterocycles. The third-order valence-corrected chi connectivity index (χ3v) is 6.20. The van der Waals surface area contributed by atoms with Crippen LogP contribution in [0.3, 0.4) is 0 Å². The van der Waals surface area contributed by atoms with Gasteiger partial charge in [-0.1, -0.05) is 85.5 Å². The minimum atomic E-state index is -0.109. The SMILES string of the molecule is C=C/C=C\C=C/CC1(C2=CCCC=C2)c2ccccc2-c2ccc(I)cc21. The number of hydrogen-bond donors (Lipinski definition) is 0. The molecular formula is C26H23I. The van der Waals surface area contributed by atoms with E-state index in [0.717, 1.165) is 19.3 Å². The van der Waals surface area contributed by atoms with E-state index in [4.69, 9.17) is 0 Å². The lowest BCUT2D eigenvalue weighted by molar-refractivity contribution is 0.635. The molecule has 0 nitrogen and oxygen atoms in total. The fourth-order valence-electron chi connectivity index (χ4n) is 4.38. The lowest BCUT2D eigenvalue weighted by Gasteiger charge is -2.34. The van der Waals surface area contributed by atoms with Crippen LogP contribution in [-0.2, 0) is 5.41 Å².